The van der Waals surface area contributed by atoms with Crippen LogP contribution in [0.25, 0.3) is 10.2 Å². The van der Waals surface area contributed by atoms with Crippen molar-refractivity contribution in [2.75, 3.05) is 5.32 Å². The minimum absolute atomic E-state index is 0.362. The number of aryl methyl sites for hydroxylation is 2. The van der Waals surface area contributed by atoms with E-state index in [9.17, 15) is 0 Å². The van der Waals surface area contributed by atoms with Crippen LogP contribution in [0, 0.1) is 0 Å². The van der Waals surface area contributed by atoms with Crippen LogP contribution in [0.5, 0.6) is 0 Å². The van der Waals surface area contributed by atoms with Crippen LogP contribution in [0.1, 0.15) is 50.0 Å². The molecule has 0 aliphatic heterocycles. The Kier molecular flexibility index (Phi) is 4.13. The molecule has 2 aromatic rings. The van der Waals surface area contributed by atoms with E-state index in [2.05, 4.69) is 29.1 Å². The fraction of sp³-hybridized carbons (Fsp3) is 0.600. The summed E-state index contributed by atoms with van der Waals surface area (Å²) in [7, 11) is 0. The van der Waals surface area contributed by atoms with E-state index in [0.29, 0.717) is 17.1 Å². The van der Waals surface area contributed by atoms with Crippen molar-refractivity contribution in [1.82, 2.24) is 9.97 Å². The normalized spacial score (nSPS) is 16.8. The number of aromatic nitrogens is 2. The number of hydrogen-bond acceptors (Lipinski definition) is 4. The van der Waals surface area contributed by atoms with Gasteiger partial charge in [0.15, 0.2) is 0 Å². The first-order valence-corrected chi connectivity index (χ1v) is 8.62. The van der Waals surface area contributed by atoms with Crippen molar-refractivity contribution in [3.63, 3.8) is 0 Å². The Morgan fingerprint density at radius 3 is 2.85 bits per heavy atom. The Labute approximate surface area is 128 Å². The van der Waals surface area contributed by atoms with Crippen molar-refractivity contribution in [2.24, 2.45) is 0 Å². The first kappa shape index (κ1) is 14.1. The van der Waals surface area contributed by atoms with Crippen LogP contribution in [0.15, 0.2) is 0 Å². The summed E-state index contributed by atoms with van der Waals surface area (Å²) in [6.45, 7) is 4.27. The average molecular weight is 310 g/mol. The number of nitrogens with zero attached hydrogens (tertiary/aromatic N) is 2. The van der Waals surface area contributed by atoms with Gasteiger partial charge in [-0.2, -0.15) is 0 Å². The highest BCUT2D eigenvalue weighted by atomic mass is 35.5. The lowest BCUT2D eigenvalue weighted by Gasteiger charge is -2.11. The van der Waals surface area contributed by atoms with Crippen molar-refractivity contribution >= 4 is 39.1 Å². The summed E-state index contributed by atoms with van der Waals surface area (Å²) in [5.74, 6) is 0.660. The molecule has 0 radical (unpaired) electrons. The Bertz CT molecular complexity index is 623. The predicted molar refractivity (Wildman–Crippen MR) is 87.1 cm³/mol. The second-order valence-corrected chi connectivity index (χ2v) is 6.98. The van der Waals surface area contributed by atoms with Gasteiger partial charge in [-0.15, -0.1) is 11.3 Å². The second-order valence-electron chi connectivity index (χ2n) is 5.54. The number of halogens is 1. The lowest BCUT2D eigenvalue weighted by atomic mass is 10.1. The van der Waals surface area contributed by atoms with E-state index in [1.165, 1.54) is 36.1 Å². The van der Waals surface area contributed by atoms with Crippen LogP contribution >= 0.6 is 22.9 Å². The molecule has 0 saturated carbocycles. The van der Waals surface area contributed by atoms with E-state index in [0.717, 1.165) is 23.1 Å². The Hall–Kier alpha value is -0.870. The molecule has 0 spiro atoms. The Morgan fingerprint density at radius 1 is 1.25 bits per heavy atom. The molecular weight excluding hydrogens is 290 g/mol. The number of anilines is 1. The maximum Gasteiger partial charge on any atom is 0.225 e. The second kappa shape index (κ2) is 5.86. The number of nitrogens with one attached hydrogen (secondary N) is 1. The summed E-state index contributed by atoms with van der Waals surface area (Å²) in [6.07, 6.45) is 7.18. The molecule has 3 rings (SSSR count). The van der Waals surface area contributed by atoms with Crippen LogP contribution in [-0.2, 0) is 12.8 Å². The third-order valence-corrected chi connectivity index (χ3v) is 5.47. The van der Waals surface area contributed by atoms with Gasteiger partial charge in [-0.25, -0.2) is 9.97 Å². The number of thiophene rings is 1. The van der Waals surface area contributed by atoms with Crippen molar-refractivity contribution in [2.45, 2.75) is 58.4 Å². The van der Waals surface area contributed by atoms with Crippen LogP contribution in [0.2, 0.25) is 5.15 Å². The Balaban J connectivity index is 2.05. The molecule has 2 aromatic heterocycles. The summed E-state index contributed by atoms with van der Waals surface area (Å²) in [4.78, 5) is 11.6. The van der Waals surface area contributed by atoms with E-state index < -0.39 is 0 Å². The zero-order valence-corrected chi connectivity index (χ0v) is 13.6. The van der Waals surface area contributed by atoms with Gasteiger partial charge in [-0.1, -0.05) is 24.9 Å². The monoisotopic (exact) mass is 309 g/mol. The van der Waals surface area contributed by atoms with Crippen molar-refractivity contribution < 1.29 is 0 Å². The zero-order valence-electron chi connectivity index (χ0n) is 12.0. The molecule has 0 fully saturated rings. The maximum absolute atomic E-state index is 6.44. The summed E-state index contributed by atoms with van der Waals surface area (Å²) >= 11 is 8.24. The highest BCUT2D eigenvalue weighted by Gasteiger charge is 2.19. The molecule has 0 aromatic carbocycles. The summed E-state index contributed by atoms with van der Waals surface area (Å²) in [5, 5.41) is 5.03. The molecule has 108 valence electrons. The topological polar surface area (TPSA) is 37.8 Å². The highest BCUT2D eigenvalue weighted by molar-refractivity contribution is 7.19. The summed E-state index contributed by atoms with van der Waals surface area (Å²) < 4.78 is 0. The summed E-state index contributed by atoms with van der Waals surface area (Å²) in [5.41, 5.74) is 1.41. The van der Waals surface area contributed by atoms with Gasteiger partial charge in [0.2, 0.25) is 5.95 Å². The molecule has 1 atom stereocenters. The average Bonchev–Trinajstić information content (AvgIpc) is 2.61. The van der Waals surface area contributed by atoms with Gasteiger partial charge in [0, 0.05) is 10.9 Å². The van der Waals surface area contributed by atoms with Crippen LogP contribution in [0.4, 0.5) is 5.95 Å². The zero-order chi connectivity index (χ0) is 14.1. The molecule has 3 nitrogen and oxygen atoms in total. The van der Waals surface area contributed by atoms with Crippen molar-refractivity contribution in [3.8, 4) is 0 Å². The molecule has 5 heteroatoms. The van der Waals surface area contributed by atoms with Crippen molar-refractivity contribution in [3.05, 3.63) is 15.6 Å². The van der Waals surface area contributed by atoms with Crippen molar-refractivity contribution in [1.29, 1.82) is 0 Å². The van der Waals surface area contributed by atoms with E-state index >= 15 is 0 Å². The molecule has 0 amide bonds. The minimum Gasteiger partial charge on any atom is -0.352 e. The van der Waals surface area contributed by atoms with Crippen LogP contribution in [-0.4, -0.2) is 16.0 Å². The molecule has 0 bridgehead atoms. The third kappa shape index (κ3) is 2.63. The number of hydrogen-bond donors (Lipinski definition) is 1. The Morgan fingerprint density at radius 2 is 2.05 bits per heavy atom. The molecule has 2 heterocycles. The molecule has 1 N–H and O–H groups in total. The molecule has 1 aliphatic rings. The van der Waals surface area contributed by atoms with Gasteiger partial charge in [0.1, 0.15) is 9.98 Å². The third-order valence-electron chi connectivity index (χ3n) is 4.01. The number of fused-ring (bicyclic) bond motifs is 3. The quantitative estimate of drug-likeness (QED) is 0.652. The van der Waals surface area contributed by atoms with Gasteiger partial charge in [-0.05, 0) is 44.6 Å². The van der Waals surface area contributed by atoms with Gasteiger partial charge in [-0.3, -0.25) is 0 Å². The lowest BCUT2D eigenvalue weighted by Crippen LogP contribution is -2.15. The summed E-state index contributed by atoms with van der Waals surface area (Å²) in [6, 6.07) is 0.362. The minimum atomic E-state index is 0.362. The van der Waals surface area contributed by atoms with Crippen LogP contribution in [0.3, 0.4) is 0 Å². The fourth-order valence-electron chi connectivity index (χ4n) is 2.68. The molecule has 1 unspecified atom stereocenters. The molecule has 1 aliphatic carbocycles. The first-order valence-electron chi connectivity index (χ1n) is 7.43. The lowest BCUT2D eigenvalue weighted by molar-refractivity contribution is 0.713. The predicted octanol–water partition coefficient (Wildman–Crippen LogP) is 4.82. The SMILES string of the molecule is CCC(C)Nc1nc(Cl)c2c3c(sc2n1)CCCCC3. The standard InChI is InChI=1S/C15H20ClN3S/c1-3-9(2)17-15-18-13(16)12-10-7-5-4-6-8-11(10)20-14(12)19-15/h9H,3-8H2,1-2H3,(H,17,18,19). The fourth-order valence-corrected chi connectivity index (χ4v) is 4.28. The molecular formula is C15H20ClN3S. The van der Waals surface area contributed by atoms with E-state index in [1.54, 1.807) is 11.3 Å². The van der Waals surface area contributed by atoms with Gasteiger partial charge >= 0.3 is 0 Å². The van der Waals surface area contributed by atoms with E-state index in [4.69, 9.17) is 11.6 Å². The first-order chi connectivity index (χ1) is 9.69. The number of rotatable bonds is 3. The van der Waals surface area contributed by atoms with Crippen LogP contribution < -0.4 is 5.32 Å². The van der Waals surface area contributed by atoms with Gasteiger partial charge in [0.05, 0.1) is 5.39 Å². The largest absolute Gasteiger partial charge is 0.352 e. The maximum atomic E-state index is 6.44. The molecule has 0 saturated heterocycles. The smallest absolute Gasteiger partial charge is 0.225 e. The highest BCUT2D eigenvalue weighted by Crippen LogP contribution is 2.38. The van der Waals surface area contributed by atoms with Gasteiger partial charge in [0.25, 0.3) is 0 Å². The van der Waals surface area contributed by atoms with E-state index in [1.807, 2.05) is 0 Å². The van der Waals surface area contributed by atoms with E-state index in [-0.39, 0.29) is 0 Å². The molecule has 20 heavy (non-hydrogen) atoms. The van der Waals surface area contributed by atoms with Gasteiger partial charge < -0.3 is 5.32 Å².